The predicted octanol–water partition coefficient (Wildman–Crippen LogP) is 3.02. The quantitative estimate of drug-likeness (QED) is 0.857. The van der Waals surface area contributed by atoms with Crippen LogP contribution in [0.15, 0.2) is 24.3 Å². The summed E-state index contributed by atoms with van der Waals surface area (Å²) < 4.78 is 49.1. The molecule has 22 heavy (non-hydrogen) atoms. The number of hydrogen-bond donors (Lipinski definition) is 0. The van der Waals surface area contributed by atoms with Crippen molar-refractivity contribution >= 4 is 11.6 Å². The van der Waals surface area contributed by atoms with Gasteiger partial charge in [-0.15, -0.1) is 0 Å². The molecule has 1 aromatic rings. The molecule has 122 valence electrons. The lowest BCUT2D eigenvalue weighted by Crippen LogP contribution is -2.44. The van der Waals surface area contributed by atoms with Gasteiger partial charge in [-0.3, -0.25) is 9.69 Å². The number of carbonyl (C=O) groups is 1. The van der Waals surface area contributed by atoms with E-state index in [1.54, 1.807) is 19.1 Å². The Morgan fingerprint density at radius 1 is 1.41 bits per heavy atom. The third-order valence-corrected chi connectivity index (χ3v) is 3.67. The average Bonchev–Trinajstić information content (AvgIpc) is 2.89. The number of methoxy groups -OCH3 is 1. The molecule has 1 aromatic carbocycles. The van der Waals surface area contributed by atoms with Crippen LogP contribution < -0.4 is 9.64 Å². The van der Waals surface area contributed by atoms with Crippen molar-refractivity contribution in [3.8, 4) is 5.75 Å². The summed E-state index contributed by atoms with van der Waals surface area (Å²) in [6.45, 7) is 0.725. The molecular weight excluding hydrogens is 299 g/mol. The smallest absolute Gasteiger partial charge is 0.406 e. The van der Waals surface area contributed by atoms with Crippen molar-refractivity contribution in [2.75, 3.05) is 25.2 Å². The number of nitrogens with zero attached hydrogens (tertiary/aromatic N) is 1. The highest BCUT2D eigenvalue weighted by molar-refractivity contribution is 5.97. The summed E-state index contributed by atoms with van der Waals surface area (Å²) in [6, 6.07) is 6.19. The minimum absolute atomic E-state index is 0.117. The molecule has 2 unspecified atom stereocenters. The summed E-state index contributed by atoms with van der Waals surface area (Å²) in [7, 11) is 1.36. The summed E-state index contributed by atoms with van der Waals surface area (Å²) in [5.41, 5.74) is 0.117. The van der Waals surface area contributed by atoms with E-state index in [4.69, 9.17) is 9.47 Å². The van der Waals surface area contributed by atoms with Crippen molar-refractivity contribution in [3.63, 3.8) is 0 Å². The third-order valence-electron chi connectivity index (χ3n) is 3.67. The van der Waals surface area contributed by atoms with Crippen LogP contribution in [0.2, 0.25) is 0 Å². The van der Waals surface area contributed by atoms with Crippen molar-refractivity contribution in [1.82, 2.24) is 0 Å². The molecule has 4 nitrogen and oxygen atoms in total. The fourth-order valence-corrected chi connectivity index (χ4v) is 2.57. The second-order valence-corrected chi connectivity index (χ2v) is 5.18. The van der Waals surface area contributed by atoms with Crippen LogP contribution in [0.25, 0.3) is 0 Å². The van der Waals surface area contributed by atoms with E-state index < -0.39 is 30.7 Å². The Labute approximate surface area is 126 Å². The van der Waals surface area contributed by atoms with Gasteiger partial charge in [-0.1, -0.05) is 12.1 Å². The van der Waals surface area contributed by atoms with Crippen LogP contribution in [-0.4, -0.2) is 38.4 Å². The van der Waals surface area contributed by atoms with E-state index in [2.05, 4.69) is 0 Å². The maximum atomic E-state index is 12.9. The van der Waals surface area contributed by atoms with E-state index in [9.17, 15) is 18.0 Å². The Kier molecular flexibility index (Phi) is 4.95. The fraction of sp³-hybridized carbons (Fsp3) is 0.533. The maximum absolute atomic E-state index is 12.9. The lowest BCUT2D eigenvalue weighted by Gasteiger charge is -2.28. The molecule has 1 fully saturated rings. The Balaban J connectivity index is 2.36. The zero-order valence-electron chi connectivity index (χ0n) is 12.4. The first-order valence-corrected chi connectivity index (χ1v) is 6.96. The van der Waals surface area contributed by atoms with Gasteiger partial charge >= 0.3 is 6.18 Å². The van der Waals surface area contributed by atoms with E-state index >= 15 is 0 Å². The summed E-state index contributed by atoms with van der Waals surface area (Å²) in [5, 5.41) is 0. The third kappa shape index (κ3) is 3.71. The van der Waals surface area contributed by atoms with Crippen molar-refractivity contribution < 1.29 is 27.4 Å². The highest BCUT2D eigenvalue weighted by atomic mass is 19.4. The number of ether oxygens (including phenoxy) is 2. The molecular formula is C15H18F3NO3. The van der Waals surface area contributed by atoms with Crippen LogP contribution in [0.5, 0.6) is 5.75 Å². The van der Waals surface area contributed by atoms with Crippen LogP contribution in [0.1, 0.15) is 13.3 Å². The molecule has 2 atom stereocenters. The monoisotopic (exact) mass is 317 g/mol. The molecule has 1 aliphatic rings. The Morgan fingerprint density at radius 3 is 2.64 bits per heavy atom. The van der Waals surface area contributed by atoms with Gasteiger partial charge in [0.1, 0.15) is 12.3 Å². The second kappa shape index (κ2) is 6.56. The Morgan fingerprint density at radius 2 is 2.09 bits per heavy atom. The lowest BCUT2D eigenvalue weighted by atomic mass is 10.0. The standard InChI is InChI=1S/C15H18F3NO3/c1-10-11(7-8-22-10)14(20)19(9-15(16,17)18)12-5-3-4-6-13(12)21-2/h3-6,10-11H,7-9H2,1-2H3. The van der Waals surface area contributed by atoms with Gasteiger partial charge < -0.3 is 9.47 Å². The van der Waals surface area contributed by atoms with E-state index in [-0.39, 0.29) is 11.4 Å². The molecule has 0 saturated carbocycles. The molecule has 0 bridgehead atoms. The molecule has 7 heteroatoms. The Hall–Kier alpha value is -1.76. The highest BCUT2D eigenvalue weighted by Crippen LogP contribution is 2.33. The van der Waals surface area contributed by atoms with Crippen molar-refractivity contribution in [2.24, 2.45) is 5.92 Å². The molecule has 0 aromatic heterocycles. The summed E-state index contributed by atoms with van der Waals surface area (Å²) >= 11 is 0. The van der Waals surface area contributed by atoms with Gasteiger partial charge in [0, 0.05) is 6.61 Å². The number of benzene rings is 1. The zero-order chi connectivity index (χ0) is 16.3. The first kappa shape index (κ1) is 16.6. The van der Waals surface area contributed by atoms with Gasteiger partial charge in [-0.2, -0.15) is 13.2 Å². The number of anilines is 1. The highest BCUT2D eigenvalue weighted by Gasteiger charge is 2.40. The molecule has 0 radical (unpaired) electrons. The van der Waals surface area contributed by atoms with Crippen LogP contribution in [0.3, 0.4) is 0 Å². The van der Waals surface area contributed by atoms with Gasteiger partial charge in [0.05, 0.1) is 24.8 Å². The van der Waals surface area contributed by atoms with Gasteiger partial charge in [0.2, 0.25) is 5.91 Å². The first-order valence-electron chi connectivity index (χ1n) is 6.96. The Bertz CT molecular complexity index is 533. The normalized spacial score (nSPS) is 21.7. The summed E-state index contributed by atoms with van der Waals surface area (Å²) in [5.74, 6) is -0.939. The SMILES string of the molecule is COc1ccccc1N(CC(F)(F)F)C(=O)C1CCOC1C. The lowest BCUT2D eigenvalue weighted by molar-refractivity contribution is -0.135. The minimum Gasteiger partial charge on any atom is -0.495 e. The van der Waals surface area contributed by atoms with Crippen LogP contribution >= 0.6 is 0 Å². The maximum Gasteiger partial charge on any atom is 0.406 e. The predicted molar refractivity (Wildman–Crippen MR) is 74.9 cm³/mol. The van der Waals surface area contributed by atoms with Crippen molar-refractivity contribution in [2.45, 2.75) is 25.6 Å². The number of carbonyl (C=O) groups excluding carboxylic acids is 1. The number of rotatable bonds is 4. The van der Waals surface area contributed by atoms with Crippen molar-refractivity contribution in [1.29, 1.82) is 0 Å². The van der Waals surface area contributed by atoms with Gasteiger partial charge in [0.15, 0.2) is 0 Å². The minimum atomic E-state index is -4.50. The first-order chi connectivity index (χ1) is 10.3. The molecule has 1 aliphatic heterocycles. The molecule has 1 amide bonds. The van der Waals surface area contributed by atoms with E-state index in [1.807, 2.05) is 0 Å². The van der Waals surface area contributed by atoms with Gasteiger partial charge in [-0.25, -0.2) is 0 Å². The molecule has 1 saturated heterocycles. The zero-order valence-corrected chi connectivity index (χ0v) is 12.4. The molecule has 1 heterocycles. The van der Waals surface area contributed by atoms with Gasteiger partial charge in [0.25, 0.3) is 0 Å². The number of hydrogen-bond acceptors (Lipinski definition) is 3. The number of halogens is 3. The number of para-hydroxylation sites is 2. The fourth-order valence-electron chi connectivity index (χ4n) is 2.57. The largest absolute Gasteiger partial charge is 0.495 e. The molecule has 0 spiro atoms. The molecule has 0 N–H and O–H groups in total. The molecule has 2 rings (SSSR count). The topological polar surface area (TPSA) is 38.8 Å². The van der Waals surface area contributed by atoms with Crippen LogP contribution in [-0.2, 0) is 9.53 Å². The molecule has 0 aliphatic carbocycles. The van der Waals surface area contributed by atoms with E-state index in [0.717, 1.165) is 4.90 Å². The summed E-state index contributed by atoms with van der Waals surface area (Å²) in [6.07, 6.45) is -4.47. The van der Waals surface area contributed by atoms with E-state index in [0.29, 0.717) is 13.0 Å². The number of amides is 1. The van der Waals surface area contributed by atoms with Gasteiger partial charge in [-0.05, 0) is 25.5 Å². The van der Waals surface area contributed by atoms with E-state index in [1.165, 1.54) is 19.2 Å². The summed E-state index contributed by atoms with van der Waals surface area (Å²) in [4.78, 5) is 13.3. The van der Waals surface area contributed by atoms with Crippen LogP contribution in [0, 0.1) is 5.92 Å². The van der Waals surface area contributed by atoms with Crippen molar-refractivity contribution in [3.05, 3.63) is 24.3 Å². The average molecular weight is 317 g/mol. The number of alkyl halides is 3. The van der Waals surface area contributed by atoms with Crippen LogP contribution in [0.4, 0.5) is 18.9 Å². The second-order valence-electron chi connectivity index (χ2n) is 5.18.